The van der Waals surface area contributed by atoms with Crippen molar-refractivity contribution in [3.05, 3.63) is 63.7 Å². The summed E-state index contributed by atoms with van der Waals surface area (Å²) in [5.74, 6) is 0.656. The molecule has 1 atom stereocenters. The number of carbonyl (C=O) groups excluding carboxylic acids is 1. The molecule has 0 aliphatic rings. The monoisotopic (exact) mass is 359 g/mol. The number of nitro benzene ring substituents is 1. The van der Waals surface area contributed by atoms with Gasteiger partial charge < -0.3 is 10.6 Å². The molecule has 0 bridgehead atoms. The van der Waals surface area contributed by atoms with E-state index in [4.69, 9.17) is 0 Å². The Hall–Kier alpha value is -2.54. The number of hydrogen-bond donors (Lipinski definition) is 2. The van der Waals surface area contributed by atoms with Crippen LogP contribution < -0.4 is 10.6 Å². The Kier molecular flexibility index (Phi) is 6.41. The van der Waals surface area contributed by atoms with Crippen LogP contribution in [0, 0.1) is 10.1 Å². The molecule has 0 saturated heterocycles. The van der Waals surface area contributed by atoms with E-state index in [1.165, 1.54) is 18.0 Å². The minimum Gasteiger partial charge on any atom is -0.373 e. The molecular formula is C18H21N3O3S. The molecule has 0 fully saturated rings. The van der Waals surface area contributed by atoms with Crippen molar-refractivity contribution in [2.24, 2.45) is 0 Å². The van der Waals surface area contributed by atoms with E-state index in [9.17, 15) is 14.9 Å². The van der Waals surface area contributed by atoms with Gasteiger partial charge >= 0.3 is 0 Å². The average Bonchev–Trinajstić information content (AvgIpc) is 2.62. The van der Waals surface area contributed by atoms with Gasteiger partial charge in [0.25, 0.3) is 11.6 Å². The number of hydrogen-bond acceptors (Lipinski definition) is 5. The second-order valence-corrected chi connectivity index (χ2v) is 6.77. The number of nitrogens with zero attached hydrogens (tertiary/aromatic N) is 1. The molecule has 0 aliphatic heterocycles. The lowest BCUT2D eigenvalue weighted by Crippen LogP contribution is -2.18. The lowest BCUT2D eigenvalue weighted by atomic mass is 10.1. The normalized spacial score (nSPS) is 11.6. The van der Waals surface area contributed by atoms with Crippen LogP contribution in [0.3, 0.4) is 0 Å². The third-order valence-corrected chi connectivity index (χ3v) is 4.64. The number of rotatable bonds is 7. The van der Waals surface area contributed by atoms with Gasteiger partial charge in [-0.2, -0.15) is 0 Å². The van der Waals surface area contributed by atoms with E-state index in [0.29, 0.717) is 5.69 Å². The molecule has 0 radical (unpaired) electrons. The van der Waals surface area contributed by atoms with Gasteiger partial charge in [0.1, 0.15) is 5.69 Å². The first-order chi connectivity index (χ1) is 12.0. The molecule has 1 unspecified atom stereocenters. The van der Waals surface area contributed by atoms with E-state index >= 15 is 0 Å². The summed E-state index contributed by atoms with van der Waals surface area (Å²) in [7, 11) is 1.49. The van der Waals surface area contributed by atoms with Crippen molar-refractivity contribution in [1.29, 1.82) is 0 Å². The summed E-state index contributed by atoms with van der Waals surface area (Å²) in [5.41, 5.74) is 1.56. The maximum Gasteiger partial charge on any atom is 0.293 e. The Bertz CT molecular complexity index is 763. The summed E-state index contributed by atoms with van der Waals surface area (Å²) in [6, 6.07) is 12.4. The fraction of sp³-hybridized carbons (Fsp3) is 0.278. The lowest BCUT2D eigenvalue weighted by Gasteiger charge is -2.16. The summed E-state index contributed by atoms with van der Waals surface area (Å²) in [6.45, 7) is 4.04. The molecular weight excluding hydrogens is 338 g/mol. The molecule has 2 N–H and O–H groups in total. The predicted octanol–water partition coefficient (Wildman–Crippen LogP) is 4.24. The smallest absolute Gasteiger partial charge is 0.293 e. The highest BCUT2D eigenvalue weighted by atomic mass is 32.2. The van der Waals surface area contributed by atoms with Gasteiger partial charge in [-0.25, -0.2) is 0 Å². The molecule has 6 nitrogen and oxygen atoms in total. The van der Waals surface area contributed by atoms with E-state index in [0.717, 1.165) is 11.3 Å². The highest BCUT2D eigenvalue weighted by molar-refractivity contribution is 7.99. The Balaban J connectivity index is 2.23. The van der Waals surface area contributed by atoms with Gasteiger partial charge in [-0.3, -0.25) is 14.9 Å². The first-order valence-corrected chi connectivity index (χ1v) is 8.94. The number of amides is 1. The van der Waals surface area contributed by atoms with E-state index in [-0.39, 0.29) is 23.2 Å². The highest BCUT2D eigenvalue weighted by Gasteiger charge is 2.19. The fourth-order valence-corrected chi connectivity index (χ4v) is 3.09. The van der Waals surface area contributed by atoms with Crippen LogP contribution in [0.4, 0.5) is 11.4 Å². The topological polar surface area (TPSA) is 84.3 Å². The Labute approximate surface area is 151 Å². The maximum absolute atomic E-state index is 11.7. The molecule has 2 rings (SSSR count). The molecule has 2 aromatic carbocycles. The Morgan fingerprint density at radius 3 is 2.48 bits per heavy atom. The molecule has 132 valence electrons. The minimum absolute atomic E-state index is 0.106. The summed E-state index contributed by atoms with van der Waals surface area (Å²) in [4.78, 5) is 23.7. The molecule has 0 spiro atoms. The summed E-state index contributed by atoms with van der Waals surface area (Å²) >= 11 is 1.76. The minimum atomic E-state index is -0.484. The van der Waals surface area contributed by atoms with Crippen LogP contribution in [0.25, 0.3) is 0 Å². The molecule has 0 heterocycles. The van der Waals surface area contributed by atoms with Gasteiger partial charge in [0.2, 0.25) is 0 Å². The average molecular weight is 359 g/mol. The van der Waals surface area contributed by atoms with Crippen LogP contribution in [-0.4, -0.2) is 23.6 Å². The first-order valence-electron chi connectivity index (χ1n) is 7.96. The van der Waals surface area contributed by atoms with Crippen LogP contribution in [-0.2, 0) is 0 Å². The van der Waals surface area contributed by atoms with Gasteiger partial charge in [-0.1, -0.05) is 19.1 Å². The summed E-state index contributed by atoms with van der Waals surface area (Å²) in [5, 5.41) is 17.0. The molecule has 25 heavy (non-hydrogen) atoms. The van der Waals surface area contributed by atoms with Crippen molar-refractivity contribution in [1.82, 2.24) is 5.32 Å². The maximum atomic E-state index is 11.7. The van der Waals surface area contributed by atoms with Gasteiger partial charge in [0.15, 0.2) is 0 Å². The standard InChI is InChI=1S/C18H21N3O3S/c1-4-25-15-8-5-13(6-9-15)12(2)20-16-10-7-14(18(22)19-3)11-17(16)21(23)24/h5-12,20H,4H2,1-3H3,(H,19,22). The fourth-order valence-electron chi connectivity index (χ4n) is 2.43. The Morgan fingerprint density at radius 2 is 1.92 bits per heavy atom. The number of carbonyl (C=O) groups is 1. The zero-order valence-electron chi connectivity index (χ0n) is 14.4. The van der Waals surface area contributed by atoms with Gasteiger partial charge in [0.05, 0.1) is 4.92 Å². The number of nitrogens with one attached hydrogen (secondary N) is 2. The summed E-state index contributed by atoms with van der Waals surface area (Å²) in [6.07, 6.45) is 0. The van der Waals surface area contributed by atoms with Crippen molar-refractivity contribution in [3.63, 3.8) is 0 Å². The predicted molar refractivity (Wildman–Crippen MR) is 101 cm³/mol. The van der Waals surface area contributed by atoms with E-state index < -0.39 is 4.92 Å². The van der Waals surface area contributed by atoms with Crippen LogP contribution >= 0.6 is 11.8 Å². The van der Waals surface area contributed by atoms with Crippen molar-refractivity contribution in [2.45, 2.75) is 24.8 Å². The zero-order chi connectivity index (χ0) is 18.4. The SMILES string of the molecule is CCSc1ccc(C(C)Nc2ccc(C(=O)NC)cc2[N+](=O)[O-])cc1. The van der Waals surface area contributed by atoms with E-state index in [1.54, 1.807) is 23.9 Å². The molecule has 0 saturated carbocycles. The molecule has 1 amide bonds. The molecule has 2 aromatic rings. The van der Waals surface area contributed by atoms with Gasteiger partial charge in [-0.05, 0) is 42.5 Å². The third kappa shape index (κ3) is 4.73. The van der Waals surface area contributed by atoms with Gasteiger partial charge in [-0.15, -0.1) is 11.8 Å². The van der Waals surface area contributed by atoms with Crippen LogP contribution in [0.5, 0.6) is 0 Å². The van der Waals surface area contributed by atoms with Crippen LogP contribution in [0.2, 0.25) is 0 Å². The second kappa shape index (κ2) is 8.53. The van der Waals surface area contributed by atoms with Crippen molar-refractivity contribution >= 4 is 29.0 Å². The largest absolute Gasteiger partial charge is 0.373 e. The summed E-state index contributed by atoms with van der Waals surface area (Å²) < 4.78 is 0. The molecule has 7 heteroatoms. The Morgan fingerprint density at radius 1 is 1.24 bits per heavy atom. The lowest BCUT2D eigenvalue weighted by molar-refractivity contribution is -0.384. The zero-order valence-corrected chi connectivity index (χ0v) is 15.2. The number of benzene rings is 2. The second-order valence-electron chi connectivity index (χ2n) is 5.44. The van der Waals surface area contributed by atoms with E-state index in [1.807, 2.05) is 31.2 Å². The third-order valence-electron chi connectivity index (χ3n) is 3.75. The van der Waals surface area contributed by atoms with Crippen molar-refractivity contribution < 1.29 is 9.72 Å². The van der Waals surface area contributed by atoms with Crippen molar-refractivity contribution in [2.75, 3.05) is 18.1 Å². The van der Waals surface area contributed by atoms with E-state index in [2.05, 4.69) is 17.6 Å². The number of thioether (sulfide) groups is 1. The highest BCUT2D eigenvalue weighted by Crippen LogP contribution is 2.30. The molecule has 0 aliphatic carbocycles. The molecule has 0 aromatic heterocycles. The quantitative estimate of drug-likeness (QED) is 0.439. The number of anilines is 1. The number of nitro groups is 1. The van der Waals surface area contributed by atoms with Crippen LogP contribution in [0.1, 0.15) is 35.8 Å². The van der Waals surface area contributed by atoms with Crippen LogP contribution in [0.15, 0.2) is 47.4 Å². The van der Waals surface area contributed by atoms with Crippen molar-refractivity contribution in [3.8, 4) is 0 Å². The van der Waals surface area contributed by atoms with Gasteiger partial charge in [0, 0.05) is 29.6 Å². The first kappa shape index (κ1) is 18.8.